The van der Waals surface area contributed by atoms with Crippen LogP contribution in [0.5, 0.6) is 0 Å². The fourth-order valence-corrected chi connectivity index (χ4v) is 2.49. The highest BCUT2D eigenvalue weighted by Crippen LogP contribution is 2.25. The van der Waals surface area contributed by atoms with Gasteiger partial charge in [-0.2, -0.15) is 0 Å². The molecule has 2 aromatic rings. The lowest BCUT2D eigenvalue weighted by molar-refractivity contribution is 0.617. The smallest absolute Gasteiger partial charge is 0.146 e. The molecule has 0 saturated heterocycles. The predicted octanol–water partition coefficient (Wildman–Crippen LogP) is 4.24. The van der Waals surface area contributed by atoms with Crippen LogP contribution in [0.3, 0.4) is 0 Å². The number of hydrogen-bond donors (Lipinski definition) is 1. The summed E-state index contributed by atoms with van der Waals surface area (Å²) in [6.45, 7) is 2.48. The van der Waals surface area contributed by atoms with E-state index in [-0.39, 0.29) is 11.9 Å². The van der Waals surface area contributed by atoms with E-state index in [0.717, 1.165) is 15.6 Å². The van der Waals surface area contributed by atoms with Crippen LogP contribution in [-0.4, -0.2) is 7.05 Å². The molecule has 0 aromatic heterocycles. The minimum absolute atomic E-state index is 0.160. The van der Waals surface area contributed by atoms with E-state index in [4.69, 9.17) is 5.73 Å². The van der Waals surface area contributed by atoms with Gasteiger partial charge in [-0.3, -0.25) is 0 Å². The SMILES string of the molecule is C[C@H](N)c1ccc(N(C)Cc2ccccc2Br)c(F)c1. The quantitative estimate of drug-likeness (QED) is 0.904. The van der Waals surface area contributed by atoms with Gasteiger partial charge in [0.05, 0.1) is 5.69 Å². The summed E-state index contributed by atoms with van der Waals surface area (Å²) in [6.07, 6.45) is 0. The second-order valence-corrected chi connectivity index (χ2v) is 5.80. The fraction of sp³-hybridized carbons (Fsp3) is 0.250. The molecule has 2 rings (SSSR count). The molecule has 2 N–H and O–H groups in total. The van der Waals surface area contributed by atoms with Crippen LogP contribution >= 0.6 is 15.9 Å². The summed E-state index contributed by atoms with van der Waals surface area (Å²) in [7, 11) is 1.88. The monoisotopic (exact) mass is 336 g/mol. The van der Waals surface area contributed by atoms with Crippen molar-refractivity contribution in [1.29, 1.82) is 0 Å². The predicted molar refractivity (Wildman–Crippen MR) is 85.3 cm³/mol. The maximum absolute atomic E-state index is 14.2. The number of hydrogen-bond acceptors (Lipinski definition) is 2. The Morgan fingerprint density at radius 1 is 1.25 bits per heavy atom. The van der Waals surface area contributed by atoms with Crippen molar-refractivity contribution < 1.29 is 4.39 Å². The summed E-state index contributed by atoms with van der Waals surface area (Å²) in [6, 6.07) is 13.0. The average Bonchev–Trinajstić information content (AvgIpc) is 2.41. The van der Waals surface area contributed by atoms with Crippen molar-refractivity contribution in [2.24, 2.45) is 5.73 Å². The van der Waals surface area contributed by atoms with Crippen LogP contribution in [0.4, 0.5) is 10.1 Å². The number of halogens is 2. The van der Waals surface area contributed by atoms with Crippen LogP contribution < -0.4 is 10.6 Å². The molecule has 0 amide bonds. The molecule has 0 aliphatic rings. The maximum Gasteiger partial charge on any atom is 0.146 e. The van der Waals surface area contributed by atoms with Gasteiger partial charge in [-0.25, -0.2) is 4.39 Å². The Labute approximate surface area is 127 Å². The third-order valence-electron chi connectivity index (χ3n) is 3.27. The molecule has 106 valence electrons. The van der Waals surface area contributed by atoms with Crippen LogP contribution in [0.1, 0.15) is 24.1 Å². The minimum Gasteiger partial charge on any atom is -0.368 e. The molecule has 0 spiro atoms. The Kier molecular flexibility index (Phi) is 4.78. The summed E-state index contributed by atoms with van der Waals surface area (Å²) in [5.74, 6) is -0.241. The van der Waals surface area contributed by atoms with E-state index in [9.17, 15) is 4.39 Å². The van der Waals surface area contributed by atoms with Crippen LogP contribution in [0.25, 0.3) is 0 Å². The Morgan fingerprint density at radius 2 is 1.95 bits per heavy atom. The number of benzene rings is 2. The standard InChI is InChI=1S/C16H18BrFN2/c1-11(19)12-7-8-16(15(18)9-12)20(2)10-13-5-3-4-6-14(13)17/h3-9,11H,10,19H2,1-2H3/t11-/m0/s1. The van der Waals surface area contributed by atoms with E-state index in [1.54, 1.807) is 6.07 Å². The summed E-state index contributed by atoms with van der Waals surface area (Å²) >= 11 is 3.51. The number of rotatable bonds is 4. The number of nitrogens with two attached hydrogens (primary N) is 1. The van der Waals surface area contributed by atoms with Crippen molar-refractivity contribution in [2.45, 2.75) is 19.5 Å². The van der Waals surface area contributed by atoms with Crippen molar-refractivity contribution in [3.63, 3.8) is 0 Å². The molecule has 0 unspecified atom stereocenters. The van der Waals surface area contributed by atoms with Crippen LogP contribution in [-0.2, 0) is 6.54 Å². The first kappa shape index (κ1) is 15.0. The topological polar surface area (TPSA) is 29.3 Å². The third kappa shape index (κ3) is 3.38. The second-order valence-electron chi connectivity index (χ2n) is 4.95. The molecule has 20 heavy (non-hydrogen) atoms. The average molecular weight is 337 g/mol. The van der Waals surface area contributed by atoms with Gasteiger partial charge in [-0.15, -0.1) is 0 Å². The highest BCUT2D eigenvalue weighted by Gasteiger charge is 2.11. The zero-order chi connectivity index (χ0) is 14.7. The third-order valence-corrected chi connectivity index (χ3v) is 4.05. The van der Waals surface area contributed by atoms with Gasteiger partial charge in [-0.05, 0) is 36.2 Å². The van der Waals surface area contributed by atoms with Crippen molar-refractivity contribution in [3.05, 3.63) is 63.9 Å². The van der Waals surface area contributed by atoms with E-state index in [2.05, 4.69) is 15.9 Å². The molecule has 0 heterocycles. The van der Waals surface area contributed by atoms with Crippen molar-refractivity contribution in [2.75, 3.05) is 11.9 Å². The molecule has 0 saturated carbocycles. The van der Waals surface area contributed by atoms with Gasteiger partial charge in [0.1, 0.15) is 5.82 Å². The van der Waals surface area contributed by atoms with E-state index in [1.807, 2.05) is 49.2 Å². The zero-order valence-corrected chi connectivity index (χ0v) is 13.2. The Bertz CT molecular complexity index is 599. The minimum atomic E-state index is -0.241. The van der Waals surface area contributed by atoms with Crippen LogP contribution in [0, 0.1) is 5.82 Å². The van der Waals surface area contributed by atoms with Gasteiger partial charge in [0.25, 0.3) is 0 Å². The molecule has 1 atom stereocenters. The van der Waals surface area contributed by atoms with Gasteiger partial charge in [0, 0.05) is 24.1 Å². The van der Waals surface area contributed by atoms with Gasteiger partial charge in [-0.1, -0.05) is 40.2 Å². The number of nitrogens with zero attached hydrogens (tertiary/aromatic N) is 1. The summed E-state index contributed by atoms with van der Waals surface area (Å²) < 4.78 is 15.2. The molecule has 0 aliphatic carbocycles. The van der Waals surface area contributed by atoms with E-state index < -0.39 is 0 Å². The maximum atomic E-state index is 14.2. The molecule has 0 radical (unpaired) electrons. The lowest BCUT2D eigenvalue weighted by atomic mass is 10.1. The van der Waals surface area contributed by atoms with Crippen molar-refractivity contribution in [1.82, 2.24) is 0 Å². The molecule has 0 aliphatic heterocycles. The van der Waals surface area contributed by atoms with E-state index in [0.29, 0.717) is 12.2 Å². The lowest BCUT2D eigenvalue weighted by Crippen LogP contribution is -2.18. The second kappa shape index (κ2) is 6.37. The van der Waals surface area contributed by atoms with Gasteiger partial charge in [0.15, 0.2) is 0 Å². The van der Waals surface area contributed by atoms with Crippen molar-refractivity contribution >= 4 is 21.6 Å². The van der Waals surface area contributed by atoms with Crippen molar-refractivity contribution in [3.8, 4) is 0 Å². The molecule has 4 heteroatoms. The normalized spacial score (nSPS) is 12.2. The Balaban J connectivity index is 2.21. The van der Waals surface area contributed by atoms with E-state index in [1.165, 1.54) is 6.07 Å². The van der Waals surface area contributed by atoms with Gasteiger partial charge < -0.3 is 10.6 Å². The molecule has 2 nitrogen and oxygen atoms in total. The molecular weight excluding hydrogens is 319 g/mol. The number of anilines is 1. The van der Waals surface area contributed by atoms with Crippen LogP contribution in [0.2, 0.25) is 0 Å². The zero-order valence-electron chi connectivity index (χ0n) is 11.6. The molecule has 0 fully saturated rings. The summed E-state index contributed by atoms with van der Waals surface area (Å²) in [4.78, 5) is 1.89. The van der Waals surface area contributed by atoms with Gasteiger partial charge in [0.2, 0.25) is 0 Å². The molecular formula is C16H18BrFN2. The fourth-order valence-electron chi connectivity index (χ4n) is 2.08. The van der Waals surface area contributed by atoms with Crippen LogP contribution in [0.15, 0.2) is 46.9 Å². The summed E-state index contributed by atoms with van der Waals surface area (Å²) in [5.41, 5.74) is 8.26. The largest absolute Gasteiger partial charge is 0.368 e. The summed E-state index contributed by atoms with van der Waals surface area (Å²) in [5, 5.41) is 0. The highest BCUT2D eigenvalue weighted by molar-refractivity contribution is 9.10. The molecule has 0 bridgehead atoms. The van der Waals surface area contributed by atoms with E-state index >= 15 is 0 Å². The van der Waals surface area contributed by atoms with Gasteiger partial charge >= 0.3 is 0 Å². The first-order chi connectivity index (χ1) is 9.49. The Morgan fingerprint density at radius 3 is 2.55 bits per heavy atom. The lowest BCUT2D eigenvalue weighted by Gasteiger charge is -2.21. The highest BCUT2D eigenvalue weighted by atomic mass is 79.9. The first-order valence-electron chi connectivity index (χ1n) is 6.48. The first-order valence-corrected chi connectivity index (χ1v) is 7.28. The molecule has 2 aromatic carbocycles. The Hall–Kier alpha value is -1.39.